The number of aromatic nitrogens is 1. The number of benzene rings is 2. The van der Waals surface area contributed by atoms with E-state index in [1.165, 1.54) is 24.3 Å². The van der Waals surface area contributed by atoms with E-state index >= 15 is 0 Å². The van der Waals surface area contributed by atoms with E-state index in [1.54, 1.807) is 54.9 Å². The number of hydrogen-bond acceptors (Lipinski definition) is 5. The zero-order chi connectivity index (χ0) is 23.6. The fourth-order valence-corrected chi connectivity index (χ4v) is 4.61. The first-order chi connectivity index (χ1) is 15.8. The van der Waals surface area contributed by atoms with E-state index < -0.39 is 16.0 Å². The minimum absolute atomic E-state index is 0.0280. The Labute approximate surface area is 190 Å². The van der Waals surface area contributed by atoms with Crippen molar-refractivity contribution in [3.8, 4) is 0 Å². The molecular formula is C24H23FN2O5S. The van der Waals surface area contributed by atoms with Crippen molar-refractivity contribution in [1.82, 2.24) is 9.29 Å². The number of carbonyl (C=O) groups excluding carboxylic acids is 1. The van der Waals surface area contributed by atoms with E-state index in [1.807, 2.05) is 0 Å². The van der Waals surface area contributed by atoms with Gasteiger partial charge in [-0.15, -0.1) is 0 Å². The second kappa shape index (κ2) is 9.21. The number of carbonyl (C=O) groups is 1. The first kappa shape index (κ1) is 22.8. The molecule has 7 nitrogen and oxygen atoms in total. The molecule has 4 aromatic rings. The molecule has 2 heterocycles. The summed E-state index contributed by atoms with van der Waals surface area (Å²) in [7, 11) is -3.86. The Bertz CT molecular complexity index is 1420. The molecule has 0 aliphatic rings. The van der Waals surface area contributed by atoms with Gasteiger partial charge in [0.2, 0.25) is 15.8 Å². The van der Waals surface area contributed by atoms with Crippen LogP contribution < -0.4 is 4.72 Å². The van der Waals surface area contributed by atoms with Crippen LogP contribution in [0, 0.1) is 12.7 Å². The smallest absolute Gasteiger partial charge is 0.374 e. The highest BCUT2D eigenvalue weighted by Crippen LogP contribution is 2.28. The number of nitrogens with one attached hydrogen (secondary N) is 1. The van der Waals surface area contributed by atoms with Gasteiger partial charge in [0.25, 0.3) is 0 Å². The molecule has 2 aromatic heterocycles. The summed E-state index contributed by atoms with van der Waals surface area (Å²) in [6, 6.07) is 14.4. The van der Waals surface area contributed by atoms with Gasteiger partial charge in [0.1, 0.15) is 11.4 Å². The topological polar surface area (TPSA) is 90.5 Å². The van der Waals surface area contributed by atoms with Gasteiger partial charge < -0.3 is 13.7 Å². The minimum Gasteiger partial charge on any atom is -0.460 e. The largest absolute Gasteiger partial charge is 0.460 e. The highest BCUT2D eigenvalue weighted by Gasteiger charge is 2.22. The summed E-state index contributed by atoms with van der Waals surface area (Å²) < 4.78 is 54.8. The summed E-state index contributed by atoms with van der Waals surface area (Å²) >= 11 is 0. The highest BCUT2D eigenvalue weighted by molar-refractivity contribution is 7.89. The second-order valence-corrected chi connectivity index (χ2v) is 9.24. The van der Waals surface area contributed by atoms with Crippen LogP contribution in [0.15, 0.2) is 70.1 Å². The number of rotatable bonds is 8. The van der Waals surface area contributed by atoms with E-state index in [2.05, 4.69) is 4.72 Å². The Morgan fingerprint density at radius 2 is 1.94 bits per heavy atom. The van der Waals surface area contributed by atoms with Crippen LogP contribution in [0.25, 0.3) is 11.0 Å². The monoisotopic (exact) mass is 470 g/mol. The number of esters is 1. The fraction of sp³-hybridized carbons (Fsp3) is 0.208. The molecule has 0 atom stereocenters. The maximum absolute atomic E-state index is 14.0. The molecule has 0 aliphatic heterocycles. The van der Waals surface area contributed by atoms with Gasteiger partial charge in [0.05, 0.1) is 24.6 Å². The first-order valence-electron chi connectivity index (χ1n) is 10.4. The molecule has 9 heteroatoms. The zero-order valence-electron chi connectivity index (χ0n) is 18.2. The zero-order valence-corrected chi connectivity index (χ0v) is 19.0. The van der Waals surface area contributed by atoms with Crippen molar-refractivity contribution in [2.45, 2.75) is 31.8 Å². The van der Waals surface area contributed by atoms with Gasteiger partial charge >= 0.3 is 5.97 Å². The van der Waals surface area contributed by atoms with Gasteiger partial charge in [-0.05, 0) is 50.2 Å². The summed E-state index contributed by atoms with van der Waals surface area (Å²) in [4.78, 5) is 12.1. The lowest BCUT2D eigenvalue weighted by atomic mass is 10.1. The van der Waals surface area contributed by atoms with Gasteiger partial charge in [0, 0.05) is 28.4 Å². The molecule has 0 aliphatic carbocycles. The number of halogens is 1. The predicted octanol–water partition coefficient (Wildman–Crippen LogP) is 4.39. The number of aryl methyl sites for hydroxylation is 1. The van der Waals surface area contributed by atoms with Crippen molar-refractivity contribution >= 4 is 27.0 Å². The Morgan fingerprint density at radius 1 is 1.15 bits per heavy atom. The van der Waals surface area contributed by atoms with E-state index in [0.29, 0.717) is 27.8 Å². The maximum Gasteiger partial charge on any atom is 0.374 e. The normalized spacial score (nSPS) is 11.7. The number of fused-ring (bicyclic) bond motifs is 1. The summed E-state index contributed by atoms with van der Waals surface area (Å²) in [5, 5.41) is 0.517. The molecule has 1 N–H and O–H groups in total. The quantitative estimate of drug-likeness (QED) is 0.386. The Balaban J connectivity index is 1.54. The van der Waals surface area contributed by atoms with Crippen molar-refractivity contribution in [2.24, 2.45) is 0 Å². The van der Waals surface area contributed by atoms with Crippen LogP contribution in [-0.2, 0) is 27.8 Å². The first-order valence-corrected chi connectivity index (χ1v) is 11.9. The summed E-state index contributed by atoms with van der Waals surface area (Å²) in [5.74, 6) is -0.853. The summed E-state index contributed by atoms with van der Waals surface area (Å²) in [6.07, 6.45) is 1.77. The molecule has 0 spiro atoms. The fourth-order valence-electron chi connectivity index (χ4n) is 3.59. The maximum atomic E-state index is 14.0. The van der Waals surface area contributed by atoms with Crippen LogP contribution in [0.1, 0.15) is 34.3 Å². The average molecular weight is 471 g/mol. The molecule has 0 saturated heterocycles. The van der Waals surface area contributed by atoms with Gasteiger partial charge in [-0.3, -0.25) is 0 Å². The SMILES string of the molecule is CCOC(=O)c1oc2ccc(S(=O)(=O)NCc3cccn3Cc3ccccc3F)cc2c1C. The van der Waals surface area contributed by atoms with Crippen molar-refractivity contribution in [3.05, 3.63) is 89.2 Å². The van der Waals surface area contributed by atoms with Gasteiger partial charge in [0.15, 0.2) is 0 Å². The Morgan fingerprint density at radius 3 is 2.70 bits per heavy atom. The van der Waals surface area contributed by atoms with Crippen LogP contribution in [0.2, 0.25) is 0 Å². The molecule has 0 bridgehead atoms. The molecular weight excluding hydrogens is 447 g/mol. The lowest BCUT2D eigenvalue weighted by molar-refractivity contribution is 0.0491. The molecule has 0 radical (unpaired) electrons. The van der Waals surface area contributed by atoms with Gasteiger partial charge in [-0.25, -0.2) is 22.3 Å². The highest BCUT2D eigenvalue weighted by atomic mass is 32.2. The molecule has 0 amide bonds. The minimum atomic E-state index is -3.86. The van der Waals surface area contributed by atoms with Crippen molar-refractivity contribution in [1.29, 1.82) is 0 Å². The van der Waals surface area contributed by atoms with E-state index in [9.17, 15) is 17.6 Å². The second-order valence-electron chi connectivity index (χ2n) is 7.48. The molecule has 0 unspecified atom stereocenters. The molecule has 0 fully saturated rings. The van der Waals surface area contributed by atoms with E-state index in [0.717, 1.165) is 0 Å². The molecule has 2 aromatic carbocycles. The summed E-state index contributed by atoms with van der Waals surface area (Å²) in [5.41, 5.74) is 2.11. The number of ether oxygens (including phenoxy) is 1. The number of furan rings is 1. The lowest BCUT2D eigenvalue weighted by Gasteiger charge is -2.12. The van der Waals surface area contributed by atoms with Crippen LogP contribution in [0.5, 0.6) is 0 Å². The summed E-state index contributed by atoms with van der Waals surface area (Å²) in [6.45, 7) is 3.89. The lowest BCUT2D eigenvalue weighted by Crippen LogP contribution is -2.24. The van der Waals surface area contributed by atoms with Crippen LogP contribution >= 0.6 is 0 Å². The molecule has 4 rings (SSSR count). The number of sulfonamides is 1. The number of nitrogens with zero attached hydrogens (tertiary/aromatic N) is 1. The predicted molar refractivity (Wildman–Crippen MR) is 121 cm³/mol. The van der Waals surface area contributed by atoms with Crippen LogP contribution in [0.4, 0.5) is 4.39 Å². The van der Waals surface area contributed by atoms with Crippen LogP contribution in [-0.4, -0.2) is 25.6 Å². The standard InChI is InChI=1S/C24H23FN2O5S/c1-3-31-24(28)23-16(2)20-13-19(10-11-22(20)32-23)33(29,30)26-14-18-8-6-12-27(18)15-17-7-4-5-9-21(17)25/h4-13,26H,3,14-15H2,1-2H3. The third-order valence-electron chi connectivity index (χ3n) is 5.34. The van der Waals surface area contributed by atoms with Gasteiger partial charge in [-0.1, -0.05) is 18.2 Å². The average Bonchev–Trinajstić information content (AvgIpc) is 3.38. The number of hydrogen-bond donors (Lipinski definition) is 1. The van der Waals surface area contributed by atoms with Crippen molar-refractivity contribution in [2.75, 3.05) is 6.61 Å². The van der Waals surface area contributed by atoms with Crippen LogP contribution in [0.3, 0.4) is 0 Å². The molecule has 172 valence electrons. The third kappa shape index (κ3) is 4.69. The van der Waals surface area contributed by atoms with E-state index in [4.69, 9.17) is 9.15 Å². The third-order valence-corrected chi connectivity index (χ3v) is 6.74. The van der Waals surface area contributed by atoms with Crippen molar-refractivity contribution < 1.29 is 26.8 Å². The molecule has 0 saturated carbocycles. The Hall–Kier alpha value is -3.43. The Kier molecular flexibility index (Phi) is 6.35. The van der Waals surface area contributed by atoms with Gasteiger partial charge in [-0.2, -0.15) is 0 Å². The van der Waals surface area contributed by atoms with Crippen molar-refractivity contribution in [3.63, 3.8) is 0 Å². The molecule has 33 heavy (non-hydrogen) atoms. The van der Waals surface area contributed by atoms with E-state index in [-0.39, 0.29) is 36.2 Å².